The van der Waals surface area contributed by atoms with Gasteiger partial charge >= 0.3 is 5.69 Å². The average Bonchev–Trinajstić information content (AvgIpc) is 3.39. The Morgan fingerprint density at radius 1 is 1.26 bits per heavy atom. The minimum atomic E-state index is -0.902. The number of hydrogen-bond acceptors (Lipinski definition) is 8. The maximum absolute atomic E-state index is 12.2. The van der Waals surface area contributed by atoms with Crippen LogP contribution in [-0.4, -0.2) is 60.7 Å². The van der Waals surface area contributed by atoms with Crippen LogP contribution < -0.4 is 16.0 Å². The lowest BCUT2D eigenvalue weighted by atomic mass is 10.2. The molecule has 0 unspecified atom stereocenters. The monoisotopic (exact) mass is 427 g/mol. The lowest BCUT2D eigenvalue weighted by Gasteiger charge is -2.14. The molecule has 4 rings (SSSR count). The molecular weight excluding hydrogens is 406 g/mol. The van der Waals surface area contributed by atoms with Crippen molar-refractivity contribution in [1.82, 2.24) is 24.5 Å². The molecule has 1 fully saturated rings. The van der Waals surface area contributed by atoms with E-state index in [2.05, 4.69) is 15.3 Å². The number of aromatic amines is 1. The van der Waals surface area contributed by atoms with Crippen LogP contribution in [0.15, 0.2) is 46.2 Å². The maximum atomic E-state index is 12.2. The second-order valence-electron chi connectivity index (χ2n) is 6.99. The van der Waals surface area contributed by atoms with E-state index in [1.54, 1.807) is 36.2 Å². The standard InChI is InChI=1S/C20H21N5O6/c1-30-15-6-4-14(5-7-15)25-10-13(22-23-25)3-2-12-9-24(20(29)21-19(12)28)18-8-16(27)17(11-26)31-18/h2-7,9-10,16-18,26-27H,8,11H2,1H3,(H,21,28,29)/b3-2+/t16-,17+,18+/m0/s1. The molecule has 31 heavy (non-hydrogen) atoms. The molecule has 0 saturated carbocycles. The Kier molecular flexibility index (Phi) is 5.80. The lowest BCUT2D eigenvalue weighted by Crippen LogP contribution is -2.33. The number of hydrogen-bond donors (Lipinski definition) is 3. The minimum absolute atomic E-state index is 0.122. The van der Waals surface area contributed by atoms with E-state index in [4.69, 9.17) is 9.47 Å². The summed E-state index contributed by atoms with van der Waals surface area (Å²) in [6, 6.07) is 7.27. The third-order valence-electron chi connectivity index (χ3n) is 4.97. The smallest absolute Gasteiger partial charge is 0.330 e. The number of nitrogens with one attached hydrogen (secondary N) is 1. The quantitative estimate of drug-likeness (QED) is 0.496. The number of methoxy groups -OCH3 is 1. The molecule has 0 spiro atoms. The summed E-state index contributed by atoms with van der Waals surface area (Å²) in [5.74, 6) is 0.724. The Labute approximate surface area is 175 Å². The first-order valence-electron chi connectivity index (χ1n) is 9.53. The molecule has 0 aliphatic carbocycles. The predicted molar refractivity (Wildman–Crippen MR) is 110 cm³/mol. The minimum Gasteiger partial charge on any atom is -0.497 e. The van der Waals surface area contributed by atoms with E-state index in [-0.39, 0.29) is 18.6 Å². The van der Waals surface area contributed by atoms with Gasteiger partial charge in [0.25, 0.3) is 5.56 Å². The Morgan fingerprint density at radius 3 is 2.71 bits per heavy atom. The average molecular weight is 427 g/mol. The number of aliphatic hydroxyl groups excluding tert-OH is 2. The van der Waals surface area contributed by atoms with Crippen LogP contribution in [-0.2, 0) is 4.74 Å². The number of rotatable bonds is 6. The molecule has 2 aromatic heterocycles. The second-order valence-corrected chi connectivity index (χ2v) is 6.99. The van der Waals surface area contributed by atoms with E-state index in [1.807, 2.05) is 12.1 Å². The molecule has 1 saturated heterocycles. The van der Waals surface area contributed by atoms with Crippen LogP contribution >= 0.6 is 0 Å². The van der Waals surface area contributed by atoms with Gasteiger partial charge in [0.05, 0.1) is 37.3 Å². The summed E-state index contributed by atoms with van der Waals surface area (Å²) in [5, 5.41) is 27.2. The van der Waals surface area contributed by atoms with Crippen molar-refractivity contribution < 1.29 is 19.7 Å². The largest absolute Gasteiger partial charge is 0.497 e. The van der Waals surface area contributed by atoms with Crippen LogP contribution in [0.1, 0.15) is 23.9 Å². The molecule has 1 aromatic carbocycles. The highest BCUT2D eigenvalue weighted by Gasteiger charge is 2.35. The second kappa shape index (κ2) is 8.68. The first-order valence-corrected chi connectivity index (χ1v) is 9.53. The summed E-state index contributed by atoms with van der Waals surface area (Å²) in [6.45, 7) is -0.369. The molecule has 0 radical (unpaired) electrons. The molecule has 3 heterocycles. The number of ether oxygens (including phenoxy) is 2. The van der Waals surface area contributed by atoms with Gasteiger partial charge < -0.3 is 19.7 Å². The fourth-order valence-corrected chi connectivity index (χ4v) is 3.27. The molecule has 3 aromatic rings. The first-order chi connectivity index (χ1) is 15.0. The first kappa shape index (κ1) is 20.7. The van der Waals surface area contributed by atoms with E-state index in [0.717, 1.165) is 11.4 Å². The molecular formula is C20H21N5O6. The summed E-state index contributed by atoms with van der Waals surface area (Å²) in [5.41, 5.74) is 0.250. The van der Waals surface area contributed by atoms with Crippen molar-refractivity contribution in [3.8, 4) is 11.4 Å². The highest BCUT2D eigenvalue weighted by Crippen LogP contribution is 2.27. The van der Waals surface area contributed by atoms with Gasteiger partial charge in [-0.05, 0) is 36.4 Å². The zero-order valence-corrected chi connectivity index (χ0v) is 16.6. The fourth-order valence-electron chi connectivity index (χ4n) is 3.27. The van der Waals surface area contributed by atoms with Gasteiger partial charge in [-0.2, -0.15) is 0 Å². The van der Waals surface area contributed by atoms with Gasteiger partial charge in [0.1, 0.15) is 23.8 Å². The number of aromatic nitrogens is 5. The van der Waals surface area contributed by atoms with Crippen molar-refractivity contribution in [1.29, 1.82) is 0 Å². The van der Waals surface area contributed by atoms with E-state index in [9.17, 15) is 19.8 Å². The third-order valence-corrected chi connectivity index (χ3v) is 4.97. The Bertz CT molecular complexity index is 1200. The number of nitrogens with zero attached hydrogens (tertiary/aromatic N) is 4. The topological polar surface area (TPSA) is 144 Å². The van der Waals surface area contributed by atoms with Gasteiger partial charge in [-0.25, -0.2) is 9.48 Å². The summed E-state index contributed by atoms with van der Waals surface area (Å²) in [4.78, 5) is 26.6. The molecule has 1 aliphatic rings. The maximum Gasteiger partial charge on any atom is 0.330 e. The van der Waals surface area contributed by atoms with Crippen LogP contribution in [0, 0.1) is 0 Å². The molecule has 11 nitrogen and oxygen atoms in total. The van der Waals surface area contributed by atoms with E-state index in [0.29, 0.717) is 5.69 Å². The van der Waals surface area contributed by atoms with Crippen molar-refractivity contribution >= 4 is 12.2 Å². The van der Waals surface area contributed by atoms with E-state index in [1.165, 1.54) is 16.8 Å². The van der Waals surface area contributed by atoms with Crippen molar-refractivity contribution in [3.05, 3.63) is 68.8 Å². The normalized spacial score (nSPS) is 21.1. The van der Waals surface area contributed by atoms with Gasteiger partial charge in [-0.15, -0.1) is 5.10 Å². The molecule has 1 aliphatic heterocycles. The van der Waals surface area contributed by atoms with Crippen LogP contribution in [0.2, 0.25) is 0 Å². The number of benzene rings is 1. The number of aliphatic hydroxyl groups is 2. The number of H-pyrrole nitrogens is 1. The van der Waals surface area contributed by atoms with Crippen molar-refractivity contribution in [2.75, 3.05) is 13.7 Å². The van der Waals surface area contributed by atoms with Crippen LogP contribution in [0.25, 0.3) is 17.8 Å². The summed E-state index contributed by atoms with van der Waals surface area (Å²) < 4.78 is 13.4. The summed E-state index contributed by atoms with van der Waals surface area (Å²) in [6.07, 6.45) is 3.78. The highest BCUT2D eigenvalue weighted by atomic mass is 16.5. The summed E-state index contributed by atoms with van der Waals surface area (Å²) >= 11 is 0. The van der Waals surface area contributed by atoms with Gasteiger partial charge in [-0.1, -0.05) is 5.21 Å². The Hall–Kier alpha value is -3.54. The predicted octanol–water partition coefficient (Wildman–Crippen LogP) is -0.0630. The SMILES string of the molecule is COc1ccc(-n2cc(/C=C/c3cn([C@H]4C[C@H](O)[C@@H](CO)O4)c(=O)[nH]c3=O)nn2)cc1. The Morgan fingerprint density at radius 2 is 2.03 bits per heavy atom. The van der Waals surface area contributed by atoms with Crippen molar-refractivity contribution in [2.24, 2.45) is 0 Å². The molecule has 0 bridgehead atoms. The lowest BCUT2D eigenvalue weighted by molar-refractivity contribution is -0.0459. The van der Waals surface area contributed by atoms with Gasteiger partial charge in [-0.3, -0.25) is 14.3 Å². The van der Waals surface area contributed by atoms with Gasteiger partial charge in [0.2, 0.25) is 0 Å². The third kappa shape index (κ3) is 4.33. The zero-order valence-electron chi connectivity index (χ0n) is 16.6. The van der Waals surface area contributed by atoms with Crippen molar-refractivity contribution in [2.45, 2.75) is 24.9 Å². The Balaban J connectivity index is 1.56. The van der Waals surface area contributed by atoms with E-state index >= 15 is 0 Å². The highest BCUT2D eigenvalue weighted by molar-refractivity contribution is 5.66. The van der Waals surface area contributed by atoms with Crippen LogP contribution in [0.3, 0.4) is 0 Å². The van der Waals surface area contributed by atoms with E-state index < -0.39 is 29.7 Å². The van der Waals surface area contributed by atoms with Crippen molar-refractivity contribution in [3.63, 3.8) is 0 Å². The van der Waals surface area contributed by atoms with Gasteiger partial charge in [0.15, 0.2) is 0 Å². The zero-order chi connectivity index (χ0) is 22.0. The molecule has 3 N–H and O–H groups in total. The molecule has 0 amide bonds. The fraction of sp³-hybridized carbons (Fsp3) is 0.300. The van der Waals surface area contributed by atoms with Crippen LogP contribution in [0.4, 0.5) is 0 Å². The molecule has 162 valence electrons. The summed E-state index contributed by atoms with van der Waals surface area (Å²) in [7, 11) is 1.59. The molecule has 3 atom stereocenters. The van der Waals surface area contributed by atoms with Crippen LogP contribution in [0.5, 0.6) is 5.75 Å². The molecule has 11 heteroatoms. The van der Waals surface area contributed by atoms with Gasteiger partial charge in [0, 0.05) is 12.6 Å².